The first-order valence-corrected chi connectivity index (χ1v) is 14.4. The maximum atomic E-state index is 15.3. The number of aromatic nitrogens is 3. The molecule has 0 atom stereocenters. The van der Waals surface area contributed by atoms with Gasteiger partial charge >= 0.3 is 0 Å². The van der Waals surface area contributed by atoms with Crippen LogP contribution in [0.25, 0.3) is 22.4 Å². The monoisotopic (exact) mass is 544 g/mol. The van der Waals surface area contributed by atoms with Gasteiger partial charge in [-0.25, -0.2) is 32.2 Å². The number of amides is 1. The van der Waals surface area contributed by atoms with Crippen molar-refractivity contribution < 1.29 is 22.0 Å². The Bertz CT molecular complexity index is 1400. The van der Waals surface area contributed by atoms with Crippen LogP contribution in [0.3, 0.4) is 0 Å². The lowest BCUT2D eigenvalue weighted by Crippen LogP contribution is -2.49. The fourth-order valence-corrected chi connectivity index (χ4v) is 5.22. The Balaban J connectivity index is 1.56. The molecule has 2 N–H and O–H groups in total. The van der Waals surface area contributed by atoms with Crippen LogP contribution in [0.1, 0.15) is 29.4 Å². The Labute approximate surface area is 220 Å². The highest BCUT2D eigenvalue weighted by atomic mass is 32.2. The van der Waals surface area contributed by atoms with Crippen molar-refractivity contribution in [3.05, 3.63) is 59.7 Å². The van der Waals surface area contributed by atoms with Gasteiger partial charge in [0.2, 0.25) is 0 Å². The second-order valence-corrected chi connectivity index (χ2v) is 11.6. The van der Waals surface area contributed by atoms with E-state index in [1.807, 2.05) is 11.8 Å². The van der Waals surface area contributed by atoms with Gasteiger partial charge in [-0.05, 0) is 43.7 Å². The van der Waals surface area contributed by atoms with Crippen LogP contribution < -0.4 is 5.73 Å². The van der Waals surface area contributed by atoms with Crippen LogP contribution in [0.15, 0.2) is 36.8 Å². The average Bonchev–Trinajstić information content (AvgIpc) is 2.88. The summed E-state index contributed by atoms with van der Waals surface area (Å²) >= 11 is 0. The number of nitrogen functional groups attached to an aromatic ring is 1. The summed E-state index contributed by atoms with van der Waals surface area (Å²) in [7, 11) is -3.03. The Morgan fingerprint density at radius 3 is 2.29 bits per heavy atom. The molecule has 1 aliphatic rings. The van der Waals surface area contributed by atoms with Crippen LogP contribution in [-0.4, -0.2) is 83.8 Å². The second kappa shape index (κ2) is 11.5. The number of hydrogen-bond acceptors (Lipinski definition) is 8. The molecule has 0 aliphatic carbocycles. The Morgan fingerprint density at radius 2 is 1.71 bits per heavy atom. The topological polar surface area (TPSA) is 122 Å². The molecule has 0 radical (unpaired) electrons. The third-order valence-corrected chi connectivity index (χ3v) is 7.54. The third-order valence-electron chi connectivity index (χ3n) is 6.51. The van der Waals surface area contributed by atoms with Crippen LogP contribution in [0.4, 0.5) is 14.6 Å². The van der Waals surface area contributed by atoms with Crippen molar-refractivity contribution in [3.63, 3.8) is 0 Å². The van der Waals surface area contributed by atoms with Crippen LogP contribution in [-0.2, 0) is 16.3 Å². The highest BCUT2D eigenvalue weighted by molar-refractivity contribution is 7.90. The lowest BCUT2D eigenvalue weighted by molar-refractivity contribution is 0.0628. The molecule has 1 aromatic carbocycles. The number of hydrogen-bond donors (Lipinski definition) is 1. The fourth-order valence-electron chi connectivity index (χ4n) is 4.56. The van der Waals surface area contributed by atoms with E-state index in [1.165, 1.54) is 17.5 Å². The van der Waals surface area contributed by atoms with Crippen molar-refractivity contribution in [1.29, 1.82) is 0 Å². The summed E-state index contributed by atoms with van der Waals surface area (Å²) in [5.74, 6) is -2.24. The predicted molar refractivity (Wildman–Crippen MR) is 141 cm³/mol. The summed E-state index contributed by atoms with van der Waals surface area (Å²) in [5.41, 5.74) is 7.52. The molecule has 4 rings (SSSR count). The van der Waals surface area contributed by atoms with Gasteiger partial charge in [0, 0.05) is 55.3 Å². The fraction of sp³-hybridized carbons (Fsp3) is 0.385. The Morgan fingerprint density at radius 1 is 1.03 bits per heavy atom. The molecule has 0 saturated carbocycles. The summed E-state index contributed by atoms with van der Waals surface area (Å²) in [6.45, 7) is 4.07. The molecular weight excluding hydrogens is 514 g/mol. The summed E-state index contributed by atoms with van der Waals surface area (Å²) < 4.78 is 53.3. The van der Waals surface area contributed by atoms with Gasteiger partial charge < -0.3 is 10.6 Å². The average molecular weight is 545 g/mol. The lowest BCUT2D eigenvalue weighted by Gasteiger charge is -2.34. The molecule has 0 spiro atoms. The van der Waals surface area contributed by atoms with E-state index in [0.717, 1.165) is 12.1 Å². The minimum Gasteiger partial charge on any atom is -0.384 e. The van der Waals surface area contributed by atoms with Crippen molar-refractivity contribution >= 4 is 21.6 Å². The third kappa shape index (κ3) is 6.30. The molecule has 12 heteroatoms. The molecule has 0 unspecified atom stereocenters. The van der Waals surface area contributed by atoms with Crippen molar-refractivity contribution in [2.24, 2.45) is 0 Å². The van der Waals surface area contributed by atoms with Crippen molar-refractivity contribution in [2.45, 2.75) is 19.8 Å². The van der Waals surface area contributed by atoms with Gasteiger partial charge in [-0.3, -0.25) is 9.69 Å². The van der Waals surface area contributed by atoms with Crippen molar-refractivity contribution in [3.8, 4) is 22.4 Å². The summed E-state index contributed by atoms with van der Waals surface area (Å²) in [6.07, 6.45) is 5.14. The number of carbonyl (C=O) groups is 1. The normalized spacial score (nSPS) is 14.6. The van der Waals surface area contributed by atoms with Crippen LogP contribution in [0.5, 0.6) is 0 Å². The molecule has 3 aromatic rings. The first-order chi connectivity index (χ1) is 18.1. The molecule has 9 nitrogen and oxygen atoms in total. The number of nitrogens with zero attached hydrogens (tertiary/aromatic N) is 5. The number of carbonyl (C=O) groups excluding carboxylic acids is 1. The zero-order valence-electron chi connectivity index (χ0n) is 21.3. The molecule has 38 heavy (non-hydrogen) atoms. The van der Waals surface area contributed by atoms with Gasteiger partial charge in [-0.2, -0.15) is 0 Å². The number of nitrogens with two attached hydrogens (primary N) is 1. The van der Waals surface area contributed by atoms with E-state index >= 15 is 8.78 Å². The van der Waals surface area contributed by atoms with Gasteiger partial charge in [-0.1, -0.05) is 6.92 Å². The SMILES string of the molecule is CCc1ncnc(-c2cc(F)c(C(=O)N3CCN(CCCS(C)(=O)=O)CC3)c(F)c2)c1-c1ccc(N)nc1. The van der Waals surface area contributed by atoms with E-state index in [9.17, 15) is 13.2 Å². The van der Waals surface area contributed by atoms with Crippen LogP contribution in [0, 0.1) is 11.6 Å². The van der Waals surface area contributed by atoms with Gasteiger partial charge in [0.1, 0.15) is 39.2 Å². The van der Waals surface area contributed by atoms with E-state index in [0.29, 0.717) is 73.9 Å². The quantitative estimate of drug-likeness (QED) is 0.459. The first-order valence-electron chi connectivity index (χ1n) is 12.3. The zero-order valence-corrected chi connectivity index (χ0v) is 22.1. The maximum Gasteiger partial charge on any atom is 0.259 e. The van der Waals surface area contributed by atoms with Crippen LogP contribution in [0.2, 0.25) is 0 Å². The van der Waals surface area contributed by atoms with E-state index < -0.39 is 32.9 Å². The maximum absolute atomic E-state index is 15.3. The Kier molecular flexibility index (Phi) is 8.32. The number of benzene rings is 1. The number of piperazine rings is 1. The number of rotatable bonds is 8. The molecule has 202 valence electrons. The van der Waals surface area contributed by atoms with Crippen LogP contribution >= 0.6 is 0 Å². The minimum atomic E-state index is -3.03. The molecule has 0 bridgehead atoms. The van der Waals surface area contributed by atoms with E-state index in [1.54, 1.807) is 18.3 Å². The molecule has 1 aliphatic heterocycles. The number of sulfone groups is 1. The second-order valence-electron chi connectivity index (χ2n) is 9.30. The highest BCUT2D eigenvalue weighted by Gasteiger charge is 2.28. The summed E-state index contributed by atoms with van der Waals surface area (Å²) in [4.78, 5) is 29.3. The number of aryl methyl sites for hydroxylation is 1. The number of halogens is 2. The molecule has 1 fully saturated rings. The smallest absolute Gasteiger partial charge is 0.259 e. The van der Waals surface area contributed by atoms with Crippen molar-refractivity contribution in [2.75, 3.05) is 50.5 Å². The minimum absolute atomic E-state index is 0.0948. The molecule has 3 heterocycles. The predicted octanol–water partition coefficient (Wildman–Crippen LogP) is 2.82. The van der Waals surface area contributed by atoms with Crippen molar-refractivity contribution in [1.82, 2.24) is 24.8 Å². The Hall–Kier alpha value is -3.51. The highest BCUT2D eigenvalue weighted by Crippen LogP contribution is 2.34. The molecular formula is C26H30F2N6O3S. The van der Waals surface area contributed by atoms with E-state index in [2.05, 4.69) is 15.0 Å². The first kappa shape index (κ1) is 27.5. The van der Waals surface area contributed by atoms with Gasteiger partial charge in [0.05, 0.1) is 17.1 Å². The largest absolute Gasteiger partial charge is 0.384 e. The lowest BCUT2D eigenvalue weighted by atomic mass is 9.96. The van der Waals surface area contributed by atoms with Gasteiger partial charge in [0.25, 0.3) is 5.91 Å². The standard InChI is InChI=1S/C26H30F2N6O3S/c1-3-21-23(17-5-6-22(29)30-15-17)25(32-16-31-21)18-13-19(27)24(20(28)14-18)26(35)34-10-8-33(9-11-34)7-4-12-38(2,36)37/h5-6,13-16H,3-4,7-12H2,1-2H3,(H2,29,30). The molecule has 1 saturated heterocycles. The summed E-state index contributed by atoms with van der Waals surface area (Å²) in [6, 6.07) is 5.61. The molecule has 2 aromatic heterocycles. The zero-order chi connectivity index (χ0) is 27.4. The molecule has 1 amide bonds. The van der Waals surface area contributed by atoms with Gasteiger partial charge in [0.15, 0.2) is 0 Å². The van der Waals surface area contributed by atoms with Gasteiger partial charge in [-0.15, -0.1) is 0 Å². The van der Waals surface area contributed by atoms with E-state index in [-0.39, 0.29) is 11.3 Å². The van der Waals surface area contributed by atoms with E-state index in [4.69, 9.17) is 5.73 Å². The number of pyridine rings is 1. The summed E-state index contributed by atoms with van der Waals surface area (Å²) in [5, 5.41) is 0. The number of anilines is 1.